The van der Waals surface area contributed by atoms with Crippen LogP contribution in [0.1, 0.15) is 50.3 Å². The van der Waals surface area contributed by atoms with Crippen LogP contribution in [0.5, 0.6) is 0 Å². The van der Waals surface area contributed by atoms with E-state index in [9.17, 15) is 31.1 Å². The van der Waals surface area contributed by atoms with Gasteiger partial charge in [-0.1, -0.05) is 24.3 Å². The average molecular weight is 723 g/mol. The van der Waals surface area contributed by atoms with Crippen LogP contribution in [0.2, 0.25) is 0 Å². The molecule has 7 nitrogen and oxygen atoms in total. The second kappa shape index (κ2) is 14.0. The SMILES string of the molecule is C=CC1CN2CCC1CC2C(CNC(=S)Nc1cc(C(F)(F)F)cc(C(F)(F)F)c1)(O[Si]C(=O)OC(C)(C)C)c1ccnc2ccccc12. The van der Waals surface area contributed by atoms with E-state index in [0.29, 0.717) is 36.2 Å². The molecule has 5 atom stereocenters. The average Bonchev–Trinajstić information content (AvgIpc) is 3.03. The molecule has 49 heavy (non-hydrogen) atoms. The number of hydrogen-bond acceptors (Lipinski definition) is 6. The third kappa shape index (κ3) is 8.44. The van der Waals surface area contributed by atoms with Crippen molar-refractivity contribution >= 4 is 49.3 Å². The second-order valence-electron chi connectivity index (χ2n) is 13.3. The molecule has 2 aromatic carbocycles. The maximum absolute atomic E-state index is 13.6. The number of nitrogens with zero attached hydrogens (tertiary/aromatic N) is 2. The van der Waals surface area contributed by atoms with Gasteiger partial charge in [0.25, 0.3) is 0 Å². The lowest BCUT2D eigenvalue weighted by Gasteiger charge is -2.56. The van der Waals surface area contributed by atoms with Crippen molar-refractivity contribution in [1.82, 2.24) is 15.2 Å². The van der Waals surface area contributed by atoms with E-state index in [2.05, 4.69) is 27.1 Å². The molecule has 0 aliphatic carbocycles. The number of halogens is 6. The maximum Gasteiger partial charge on any atom is 0.416 e. The molecule has 3 saturated heterocycles. The fourth-order valence-corrected chi connectivity index (χ4v) is 7.80. The first-order valence-corrected chi connectivity index (χ1v) is 16.9. The number of ether oxygens (including phenoxy) is 1. The Labute approximate surface area is 288 Å². The number of pyridine rings is 1. The van der Waals surface area contributed by atoms with Gasteiger partial charge < -0.3 is 19.8 Å². The number of anilines is 1. The third-order valence-corrected chi connectivity index (χ3v) is 9.80. The summed E-state index contributed by atoms with van der Waals surface area (Å²) in [4.78, 5) is 19.9. The number of para-hydroxylation sites is 1. The van der Waals surface area contributed by atoms with Gasteiger partial charge in [0.1, 0.15) is 11.2 Å². The normalized spacial score (nSPS) is 22.3. The van der Waals surface area contributed by atoms with Crippen LogP contribution in [0.4, 0.5) is 36.8 Å². The summed E-state index contributed by atoms with van der Waals surface area (Å²) in [6.45, 7) is 10.6. The Bertz CT molecular complexity index is 1680. The van der Waals surface area contributed by atoms with Crippen LogP contribution in [0, 0.1) is 11.8 Å². The molecule has 3 fully saturated rings. The molecule has 3 aromatic rings. The molecule has 0 spiro atoms. The number of alkyl halides is 6. The minimum Gasteiger partial charge on any atom is -0.463 e. The van der Waals surface area contributed by atoms with Gasteiger partial charge in [0.05, 0.1) is 23.2 Å². The molecule has 15 heteroatoms. The van der Waals surface area contributed by atoms with Crippen LogP contribution in [-0.4, -0.2) is 61.6 Å². The predicted molar refractivity (Wildman–Crippen MR) is 179 cm³/mol. The first-order valence-electron chi connectivity index (χ1n) is 15.6. The van der Waals surface area contributed by atoms with Gasteiger partial charge in [0, 0.05) is 29.9 Å². The van der Waals surface area contributed by atoms with Crippen molar-refractivity contribution in [3.63, 3.8) is 0 Å². The molecule has 4 heterocycles. The Morgan fingerprint density at radius 2 is 1.76 bits per heavy atom. The number of hydrogen-bond donors (Lipinski definition) is 2. The highest BCUT2D eigenvalue weighted by molar-refractivity contribution is 7.80. The van der Waals surface area contributed by atoms with Gasteiger partial charge in [-0.25, -0.2) is 0 Å². The minimum absolute atomic E-state index is 0.0513. The van der Waals surface area contributed by atoms with E-state index in [1.54, 1.807) is 33.0 Å². The molecule has 5 unspecified atom stereocenters. The fraction of sp³-hybridized carbons (Fsp3) is 0.441. The lowest BCUT2D eigenvalue weighted by atomic mass is 9.69. The number of benzene rings is 2. The molecule has 3 aliphatic rings. The van der Waals surface area contributed by atoms with Crippen molar-refractivity contribution in [3.8, 4) is 0 Å². The molecular formula is C34H36F6N4O3SSi. The second-order valence-corrected chi connectivity index (χ2v) is 14.5. The Balaban J connectivity index is 1.55. The van der Waals surface area contributed by atoms with Crippen LogP contribution >= 0.6 is 12.2 Å². The summed E-state index contributed by atoms with van der Waals surface area (Å²) >= 11 is 5.47. The minimum atomic E-state index is -5.03. The molecule has 2 radical (unpaired) electrons. The summed E-state index contributed by atoms with van der Waals surface area (Å²) in [7, 11) is -0.770. The van der Waals surface area contributed by atoms with Crippen LogP contribution in [0.15, 0.2) is 67.4 Å². The van der Waals surface area contributed by atoms with Gasteiger partial charge in [-0.15, -0.1) is 6.58 Å². The largest absolute Gasteiger partial charge is 0.463 e. The van der Waals surface area contributed by atoms with Crippen molar-refractivity contribution in [2.45, 2.75) is 63.2 Å². The number of carbonyl (C=O) groups is 1. The molecule has 6 rings (SSSR count). The highest BCUT2D eigenvalue weighted by atomic mass is 32.1. The van der Waals surface area contributed by atoms with Crippen LogP contribution in [0.25, 0.3) is 10.9 Å². The summed E-state index contributed by atoms with van der Waals surface area (Å²) in [5.74, 6) is 0.508. The van der Waals surface area contributed by atoms with E-state index in [1.165, 1.54) is 0 Å². The maximum atomic E-state index is 13.6. The van der Waals surface area contributed by atoms with E-state index in [0.717, 1.165) is 18.4 Å². The van der Waals surface area contributed by atoms with Crippen LogP contribution < -0.4 is 10.6 Å². The smallest absolute Gasteiger partial charge is 0.416 e. The zero-order valence-corrected chi connectivity index (χ0v) is 28.9. The Morgan fingerprint density at radius 3 is 2.35 bits per heavy atom. The van der Waals surface area contributed by atoms with Crippen molar-refractivity contribution in [1.29, 1.82) is 0 Å². The summed E-state index contributed by atoms with van der Waals surface area (Å²) in [6.07, 6.45) is -4.89. The number of piperidine rings is 3. The fourth-order valence-electron chi connectivity index (χ4n) is 6.68. The Morgan fingerprint density at radius 1 is 1.08 bits per heavy atom. The molecule has 0 saturated carbocycles. The van der Waals surface area contributed by atoms with E-state index >= 15 is 0 Å². The van der Waals surface area contributed by atoms with Gasteiger partial charge in [-0.05, 0) is 100 Å². The van der Waals surface area contributed by atoms with Crippen molar-refractivity contribution in [3.05, 3.63) is 84.1 Å². The molecule has 2 bridgehead atoms. The number of fused-ring (bicyclic) bond motifs is 4. The van der Waals surface area contributed by atoms with Gasteiger partial charge in [0.15, 0.2) is 5.11 Å². The van der Waals surface area contributed by atoms with E-state index < -0.39 is 55.7 Å². The summed E-state index contributed by atoms with van der Waals surface area (Å²) in [5.41, 5.74) is -4.77. The standard InChI is InChI=1S/C34H36F6N4O3SSi/c1-5-20-18-44-13-11-21(20)14-28(44)32(47-49-30(45)46-31(2,3)4,26-10-12-41-27-9-7-6-8-25(26)27)19-42-29(48)43-24-16-22(33(35,36)37)15-23(17-24)34(38,39)40/h5-10,12,15-17,20-21,28H,1,11,13-14,18-19H2,2-4H3,(H2,42,43,48). The van der Waals surface area contributed by atoms with Crippen LogP contribution in [0.3, 0.4) is 0 Å². The van der Waals surface area contributed by atoms with E-state index in [-0.39, 0.29) is 35.6 Å². The molecule has 1 aromatic heterocycles. The first kappa shape index (κ1) is 36.7. The summed E-state index contributed by atoms with van der Waals surface area (Å²) < 4.78 is 93.7. The van der Waals surface area contributed by atoms with Gasteiger partial charge in [-0.2, -0.15) is 26.3 Å². The van der Waals surface area contributed by atoms with Gasteiger partial charge in [0.2, 0.25) is 0 Å². The zero-order valence-electron chi connectivity index (χ0n) is 27.0. The highest BCUT2D eigenvalue weighted by Crippen LogP contribution is 2.46. The van der Waals surface area contributed by atoms with Gasteiger partial charge >= 0.3 is 27.7 Å². The molecule has 0 amide bonds. The predicted octanol–water partition coefficient (Wildman–Crippen LogP) is 7.92. The quantitative estimate of drug-likeness (QED) is 0.1000. The van der Waals surface area contributed by atoms with E-state index in [1.807, 2.05) is 30.3 Å². The molecule has 3 aliphatic heterocycles. The Kier molecular flexibility index (Phi) is 10.5. The zero-order chi connectivity index (χ0) is 35.8. The number of thiocarbonyl (C=S) groups is 1. The third-order valence-electron chi connectivity index (χ3n) is 8.82. The number of carbonyl (C=O) groups excluding carboxylic acids is 1. The molecule has 2 N–H and O–H groups in total. The van der Waals surface area contributed by atoms with Crippen LogP contribution in [-0.2, 0) is 27.1 Å². The summed E-state index contributed by atoms with van der Waals surface area (Å²) in [5, 5.41) is 6.05. The number of nitrogens with one attached hydrogen (secondary N) is 2. The molecular weight excluding hydrogens is 687 g/mol. The summed E-state index contributed by atoms with van der Waals surface area (Å²) in [6, 6.07) is 10.1. The van der Waals surface area contributed by atoms with Crippen molar-refractivity contribution < 1.29 is 40.3 Å². The number of aromatic nitrogens is 1. The topological polar surface area (TPSA) is 75.7 Å². The lowest BCUT2D eigenvalue weighted by molar-refractivity contribution is -0.143. The molecule has 262 valence electrons. The van der Waals surface area contributed by atoms with Crippen molar-refractivity contribution in [2.24, 2.45) is 11.8 Å². The first-order chi connectivity index (χ1) is 22.9. The Hall–Kier alpha value is -3.53. The van der Waals surface area contributed by atoms with Crippen molar-refractivity contribution in [2.75, 3.05) is 25.0 Å². The number of rotatable bonds is 9. The monoisotopic (exact) mass is 722 g/mol. The lowest BCUT2D eigenvalue weighted by Crippen LogP contribution is -2.65. The van der Waals surface area contributed by atoms with Gasteiger partial charge in [-0.3, -0.25) is 14.7 Å². The van der Waals surface area contributed by atoms with E-state index in [4.69, 9.17) is 21.4 Å². The highest BCUT2D eigenvalue weighted by Gasteiger charge is 2.52.